The van der Waals surface area contributed by atoms with Crippen LogP contribution in [0.15, 0.2) is 12.1 Å². The van der Waals surface area contributed by atoms with Crippen LogP contribution in [0.2, 0.25) is 0 Å². The van der Waals surface area contributed by atoms with Crippen molar-refractivity contribution >= 4 is 5.91 Å². The van der Waals surface area contributed by atoms with E-state index in [0.717, 1.165) is 29.8 Å². The Kier molecular flexibility index (Phi) is 4.41. The highest BCUT2D eigenvalue weighted by atomic mass is 16.2. The van der Waals surface area contributed by atoms with Gasteiger partial charge in [-0.25, -0.2) is 0 Å². The number of benzene rings is 1. The zero-order chi connectivity index (χ0) is 14.7. The first-order chi connectivity index (χ1) is 9.52. The monoisotopic (exact) mass is 271 g/mol. The second-order valence-corrected chi connectivity index (χ2v) is 5.50. The summed E-state index contributed by atoms with van der Waals surface area (Å²) in [5.41, 5.74) is 4.12. The maximum absolute atomic E-state index is 12.7. The number of piperazine rings is 1. The molecule has 1 aliphatic rings. The van der Waals surface area contributed by atoms with Gasteiger partial charge in [-0.3, -0.25) is 9.69 Å². The standard InChI is InChI=1S/C16H21N3O/c1-12-10-13(2)15(14(3)11-12)16(20)19-8-6-18(5-4-17)7-9-19/h10-11H,5-9H2,1-3H3. The van der Waals surface area contributed by atoms with Crippen LogP contribution in [0.5, 0.6) is 0 Å². The molecule has 1 aliphatic heterocycles. The normalized spacial score (nSPS) is 16.0. The highest BCUT2D eigenvalue weighted by molar-refractivity contribution is 5.97. The average molecular weight is 271 g/mol. The highest BCUT2D eigenvalue weighted by Crippen LogP contribution is 2.19. The van der Waals surface area contributed by atoms with Crippen molar-refractivity contribution in [3.8, 4) is 6.07 Å². The number of carbonyl (C=O) groups is 1. The predicted octanol–water partition coefficient (Wildman–Crippen LogP) is 1.89. The van der Waals surface area contributed by atoms with E-state index in [1.165, 1.54) is 5.56 Å². The number of hydrogen-bond acceptors (Lipinski definition) is 3. The molecule has 1 saturated heterocycles. The lowest BCUT2D eigenvalue weighted by Gasteiger charge is -2.34. The lowest BCUT2D eigenvalue weighted by Crippen LogP contribution is -2.48. The van der Waals surface area contributed by atoms with Crippen LogP contribution in [0.25, 0.3) is 0 Å². The molecular weight excluding hydrogens is 250 g/mol. The van der Waals surface area contributed by atoms with Gasteiger partial charge in [-0.05, 0) is 31.9 Å². The van der Waals surface area contributed by atoms with E-state index in [0.29, 0.717) is 19.6 Å². The minimum Gasteiger partial charge on any atom is -0.336 e. The van der Waals surface area contributed by atoms with Gasteiger partial charge in [-0.1, -0.05) is 17.7 Å². The summed E-state index contributed by atoms with van der Waals surface area (Å²) in [6.07, 6.45) is 0. The molecule has 1 heterocycles. The summed E-state index contributed by atoms with van der Waals surface area (Å²) < 4.78 is 0. The lowest BCUT2D eigenvalue weighted by atomic mass is 9.98. The maximum atomic E-state index is 12.7. The topological polar surface area (TPSA) is 47.3 Å². The minimum absolute atomic E-state index is 0.122. The first-order valence-corrected chi connectivity index (χ1v) is 6.99. The fourth-order valence-corrected chi connectivity index (χ4v) is 2.88. The number of nitriles is 1. The number of nitrogens with zero attached hydrogens (tertiary/aromatic N) is 3. The van der Waals surface area contributed by atoms with Crippen molar-refractivity contribution in [2.24, 2.45) is 0 Å². The average Bonchev–Trinajstić information content (AvgIpc) is 2.38. The van der Waals surface area contributed by atoms with Gasteiger partial charge in [0.15, 0.2) is 0 Å². The van der Waals surface area contributed by atoms with Gasteiger partial charge >= 0.3 is 0 Å². The SMILES string of the molecule is Cc1cc(C)c(C(=O)N2CCN(CC#N)CC2)c(C)c1. The summed E-state index contributed by atoms with van der Waals surface area (Å²) in [4.78, 5) is 16.6. The van der Waals surface area contributed by atoms with Gasteiger partial charge in [0.1, 0.15) is 0 Å². The summed E-state index contributed by atoms with van der Waals surface area (Å²) in [7, 11) is 0. The van der Waals surface area contributed by atoms with Crippen molar-refractivity contribution in [3.63, 3.8) is 0 Å². The van der Waals surface area contributed by atoms with Crippen molar-refractivity contribution in [1.82, 2.24) is 9.80 Å². The third-order valence-electron chi connectivity index (χ3n) is 3.84. The summed E-state index contributed by atoms with van der Waals surface area (Å²) in [5, 5.41) is 8.70. The molecule has 2 rings (SSSR count). The summed E-state index contributed by atoms with van der Waals surface area (Å²) >= 11 is 0. The van der Waals surface area contributed by atoms with E-state index in [2.05, 4.69) is 30.0 Å². The molecule has 4 nitrogen and oxygen atoms in total. The molecule has 20 heavy (non-hydrogen) atoms. The predicted molar refractivity (Wildman–Crippen MR) is 78.6 cm³/mol. The fraction of sp³-hybridized carbons (Fsp3) is 0.500. The van der Waals surface area contributed by atoms with Gasteiger partial charge in [-0.2, -0.15) is 5.26 Å². The van der Waals surface area contributed by atoms with Gasteiger partial charge in [0.05, 0.1) is 12.6 Å². The Bertz CT molecular complexity index is 528. The van der Waals surface area contributed by atoms with Crippen LogP contribution < -0.4 is 0 Å². The molecule has 106 valence electrons. The van der Waals surface area contributed by atoms with Crippen LogP contribution in [-0.4, -0.2) is 48.4 Å². The van der Waals surface area contributed by atoms with Crippen LogP contribution in [0.4, 0.5) is 0 Å². The first kappa shape index (κ1) is 14.5. The molecule has 0 atom stereocenters. The van der Waals surface area contributed by atoms with Crippen LogP contribution >= 0.6 is 0 Å². The summed E-state index contributed by atoms with van der Waals surface area (Å²) in [5.74, 6) is 0.122. The summed E-state index contributed by atoms with van der Waals surface area (Å²) in [6, 6.07) is 6.28. The van der Waals surface area contributed by atoms with Crippen LogP contribution in [0.3, 0.4) is 0 Å². The van der Waals surface area contributed by atoms with Crippen molar-refractivity contribution < 1.29 is 4.79 Å². The third kappa shape index (κ3) is 3.00. The minimum atomic E-state index is 0.122. The highest BCUT2D eigenvalue weighted by Gasteiger charge is 2.24. The van der Waals surface area contributed by atoms with Crippen molar-refractivity contribution in [2.45, 2.75) is 20.8 Å². The van der Waals surface area contributed by atoms with Crippen molar-refractivity contribution in [2.75, 3.05) is 32.7 Å². The molecule has 4 heteroatoms. The van der Waals surface area contributed by atoms with Gasteiger partial charge in [0.2, 0.25) is 0 Å². The second-order valence-electron chi connectivity index (χ2n) is 5.50. The maximum Gasteiger partial charge on any atom is 0.254 e. The Morgan fingerprint density at radius 2 is 1.70 bits per heavy atom. The smallest absolute Gasteiger partial charge is 0.254 e. The van der Waals surface area contributed by atoms with Gasteiger partial charge in [0.25, 0.3) is 5.91 Å². The molecule has 0 unspecified atom stereocenters. The molecule has 0 bridgehead atoms. The molecular formula is C16H21N3O. The number of rotatable bonds is 2. The van der Waals surface area contributed by atoms with Gasteiger partial charge in [-0.15, -0.1) is 0 Å². The zero-order valence-corrected chi connectivity index (χ0v) is 12.4. The van der Waals surface area contributed by atoms with E-state index in [9.17, 15) is 4.79 Å². The molecule has 0 aromatic heterocycles. The molecule has 0 saturated carbocycles. The Balaban J connectivity index is 2.12. The fourth-order valence-electron chi connectivity index (χ4n) is 2.88. The molecule has 1 amide bonds. The van der Waals surface area contributed by atoms with E-state index >= 15 is 0 Å². The van der Waals surface area contributed by atoms with E-state index in [-0.39, 0.29) is 5.91 Å². The Morgan fingerprint density at radius 3 is 2.20 bits per heavy atom. The molecule has 1 fully saturated rings. The molecule has 0 radical (unpaired) electrons. The van der Waals surface area contributed by atoms with Crippen molar-refractivity contribution in [1.29, 1.82) is 5.26 Å². The number of carbonyl (C=O) groups excluding carboxylic acids is 1. The second kappa shape index (κ2) is 6.06. The molecule has 1 aromatic rings. The van der Waals surface area contributed by atoms with Crippen LogP contribution in [0.1, 0.15) is 27.0 Å². The quantitative estimate of drug-likeness (QED) is 0.772. The molecule has 0 aliphatic carbocycles. The number of hydrogen-bond donors (Lipinski definition) is 0. The van der Waals surface area contributed by atoms with E-state index < -0.39 is 0 Å². The first-order valence-electron chi connectivity index (χ1n) is 6.99. The van der Waals surface area contributed by atoms with Crippen molar-refractivity contribution in [3.05, 3.63) is 34.4 Å². The van der Waals surface area contributed by atoms with Gasteiger partial charge < -0.3 is 4.90 Å². The third-order valence-corrected chi connectivity index (χ3v) is 3.84. The number of amides is 1. The Labute approximate surface area is 120 Å². The van der Waals surface area contributed by atoms with E-state index in [1.807, 2.05) is 18.7 Å². The van der Waals surface area contributed by atoms with E-state index in [1.54, 1.807) is 0 Å². The molecule has 1 aromatic carbocycles. The zero-order valence-electron chi connectivity index (χ0n) is 12.4. The summed E-state index contributed by atoms with van der Waals surface area (Å²) in [6.45, 7) is 9.46. The van der Waals surface area contributed by atoms with Gasteiger partial charge in [0, 0.05) is 31.7 Å². The van der Waals surface area contributed by atoms with E-state index in [4.69, 9.17) is 5.26 Å². The molecule has 0 N–H and O–H groups in total. The Morgan fingerprint density at radius 1 is 1.15 bits per heavy atom. The largest absolute Gasteiger partial charge is 0.336 e. The lowest BCUT2D eigenvalue weighted by molar-refractivity contribution is 0.0650. The van der Waals surface area contributed by atoms with Crippen LogP contribution in [0, 0.1) is 32.1 Å². The molecule has 0 spiro atoms. The number of aryl methyl sites for hydroxylation is 3. The van der Waals surface area contributed by atoms with Crippen LogP contribution in [-0.2, 0) is 0 Å². The Hall–Kier alpha value is -1.86.